The molecule has 1 fully saturated rings. The molecule has 7 heteroatoms. The second-order valence-corrected chi connectivity index (χ2v) is 6.79. The van der Waals surface area contributed by atoms with E-state index in [1.165, 1.54) is 5.39 Å². The van der Waals surface area contributed by atoms with Crippen molar-refractivity contribution in [2.45, 2.75) is 31.2 Å². The van der Waals surface area contributed by atoms with Crippen LogP contribution in [0.3, 0.4) is 0 Å². The van der Waals surface area contributed by atoms with Crippen LogP contribution in [0.4, 0.5) is 5.82 Å². The lowest BCUT2D eigenvalue weighted by atomic mass is 9.99. The number of hydrogen-bond acceptors (Lipinski definition) is 5. The molecular formula is C19H17N7. The number of nitrogens with one attached hydrogen (secondary N) is 3. The summed E-state index contributed by atoms with van der Waals surface area (Å²) in [5.41, 5.74) is 3.59. The fourth-order valence-electron chi connectivity index (χ4n) is 3.96. The minimum absolute atomic E-state index is 0.357. The SMILES string of the molecule is N#Cc1ccc(N[C@H]2CC[C@@H](c3n[nH]c4cnc5[nH]ccc5c34)C2)nc1. The molecule has 4 heterocycles. The lowest BCUT2D eigenvalue weighted by Gasteiger charge is -2.13. The lowest BCUT2D eigenvalue weighted by Crippen LogP contribution is -2.16. The van der Waals surface area contributed by atoms with E-state index in [-0.39, 0.29) is 0 Å². The molecule has 4 aromatic heterocycles. The summed E-state index contributed by atoms with van der Waals surface area (Å²) in [7, 11) is 0. The Kier molecular flexibility index (Phi) is 3.35. The van der Waals surface area contributed by atoms with E-state index in [0.29, 0.717) is 17.5 Å². The zero-order chi connectivity index (χ0) is 17.5. The molecule has 4 aromatic rings. The molecule has 7 nitrogen and oxygen atoms in total. The molecule has 0 aliphatic heterocycles. The average molecular weight is 343 g/mol. The van der Waals surface area contributed by atoms with Gasteiger partial charge in [-0.3, -0.25) is 5.10 Å². The summed E-state index contributed by atoms with van der Waals surface area (Å²) in [6.45, 7) is 0. The van der Waals surface area contributed by atoms with Gasteiger partial charge >= 0.3 is 0 Å². The molecule has 2 atom stereocenters. The van der Waals surface area contributed by atoms with Gasteiger partial charge in [0.05, 0.1) is 23.0 Å². The van der Waals surface area contributed by atoms with Crippen LogP contribution in [0.25, 0.3) is 21.9 Å². The summed E-state index contributed by atoms with van der Waals surface area (Å²) < 4.78 is 0. The molecule has 0 bridgehead atoms. The van der Waals surface area contributed by atoms with Crippen molar-refractivity contribution < 1.29 is 0 Å². The second kappa shape index (κ2) is 5.85. The first kappa shape index (κ1) is 14.9. The van der Waals surface area contributed by atoms with Crippen molar-refractivity contribution in [3.05, 3.63) is 48.0 Å². The Labute approximate surface area is 149 Å². The number of aromatic nitrogens is 5. The van der Waals surface area contributed by atoms with E-state index in [2.05, 4.69) is 42.6 Å². The molecule has 0 radical (unpaired) electrons. The van der Waals surface area contributed by atoms with Gasteiger partial charge in [-0.15, -0.1) is 0 Å². The van der Waals surface area contributed by atoms with E-state index >= 15 is 0 Å². The van der Waals surface area contributed by atoms with Gasteiger partial charge in [0.2, 0.25) is 0 Å². The number of nitrogens with zero attached hydrogens (tertiary/aromatic N) is 4. The number of pyridine rings is 2. The van der Waals surface area contributed by atoms with Crippen LogP contribution in [-0.2, 0) is 0 Å². The summed E-state index contributed by atoms with van der Waals surface area (Å²) in [6.07, 6.45) is 8.53. The fraction of sp³-hybridized carbons (Fsp3) is 0.263. The van der Waals surface area contributed by atoms with Gasteiger partial charge in [-0.05, 0) is 37.5 Å². The highest BCUT2D eigenvalue weighted by atomic mass is 15.1. The molecule has 1 aliphatic rings. The number of rotatable bonds is 3. The highest BCUT2D eigenvalue weighted by Gasteiger charge is 2.29. The number of aromatic amines is 2. The van der Waals surface area contributed by atoms with E-state index < -0.39 is 0 Å². The van der Waals surface area contributed by atoms with Crippen LogP contribution in [0.5, 0.6) is 0 Å². The Balaban J connectivity index is 1.39. The monoisotopic (exact) mass is 343 g/mol. The van der Waals surface area contributed by atoms with Gasteiger partial charge in [-0.25, -0.2) is 9.97 Å². The number of nitriles is 1. The van der Waals surface area contributed by atoms with Crippen LogP contribution >= 0.6 is 0 Å². The number of anilines is 1. The van der Waals surface area contributed by atoms with Crippen molar-refractivity contribution in [1.82, 2.24) is 25.1 Å². The molecule has 26 heavy (non-hydrogen) atoms. The molecule has 1 saturated carbocycles. The Morgan fingerprint density at radius 3 is 2.96 bits per heavy atom. The van der Waals surface area contributed by atoms with Crippen LogP contribution in [0.2, 0.25) is 0 Å². The maximum Gasteiger partial charge on any atom is 0.138 e. The number of hydrogen-bond donors (Lipinski definition) is 3. The fourth-order valence-corrected chi connectivity index (χ4v) is 3.96. The van der Waals surface area contributed by atoms with Crippen LogP contribution in [0.15, 0.2) is 36.8 Å². The standard InChI is InChI=1S/C19H17N7/c20-8-11-1-4-16(22-9-11)24-13-3-2-12(7-13)18-17-14-5-6-21-19(14)23-10-15(17)25-26-18/h1,4-6,9-10,12-13H,2-3,7H2,(H,21,23)(H,22,24)(H,25,26)/t12-,13+/m1/s1. The van der Waals surface area contributed by atoms with Crippen molar-refractivity contribution in [2.75, 3.05) is 5.32 Å². The van der Waals surface area contributed by atoms with Gasteiger partial charge in [0.25, 0.3) is 0 Å². The molecule has 0 unspecified atom stereocenters. The van der Waals surface area contributed by atoms with Crippen LogP contribution in [-0.4, -0.2) is 31.2 Å². The zero-order valence-electron chi connectivity index (χ0n) is 14.0. The zero-order valence-corrected chi connectivity index (χ0v) is 14.0. The number of H-pyrrole nitrogens is 2. The van der Waals surface area contributed by atoms with Gasteiger partial charge in [0, 0.05) is 35.1 Å². The minimum atomic E-state index is 0.357. The third-order valence-corrected chi connectivity index (χ3v) is 5.20. The molecule has 0 saturated heterocycles. The van der Waals surface area contributed by atoms with E-state index in [9.17, 15) is 0 Å². The number of fused-ring (bicyclic) bond motifs is 3. The average Bonchev–Trinajstić information content (AvgIpc) is 3.40. The van der Waals surface area contributed by atoms with Gasteiger partial charge in [0.15, 0.2) is 0 Å². The molecule has 0 spiro atoms. The molecular weight excluding hydrogens is 326 g/mol. The Bertz CT molecular complexity index is 1120. The molecule has 3 N–H and O–H groups in total. The first-order chi connectivity index (χ1) is 12.8. The first-order valence-corrected chi connectivity index (χ1v) is 8.74. The van der Waals surface area contributed by atoms with E-state index in [4.69, 9.17) is 5.26 Å². The Morgan fingerprint density at radius 2 is 2.12 bits per heavy atom. The summed E-state index contributed by atoms with van der Waals surface area (Å²) in [6, 6.07) is 8.17. The molecule has 0 amide bonds. The Morgan fingerprint density at radius 1 is 1.15 bits per heavy atom. The summed E-state index contributed by atoms with van der Waals surface area (Å²) >= 11 is 0. The summed E-state index contributed by atoms with van der Waals surface area (Å²) in [5, 5.41) is 22.4. The maximum absolute atomic E-state index is 8.87. The summed E-state index contributed by atoms with van der Waals surface area (Å²) in [4.78, 5) is 11.9. The van der Waals surface area contributed by atoms with Crippen molar-refractivity contribution in [3.63, 3.8) is 0 Å². The van der Waals surface area contributed by atoms with Crippen molar-refractivity contribution in [2.24, 2.45) is 0 Å². The first-order valence-electron chi connectivity index (χ1n) is 8.74. The van der Waals surface area contributed by atoms with Crippen LogP contribution in [0.1, 0.15) is 36.4 Å². The van der Waals surface area contributed by atoms with Crippen molar-refractivity contribution >= 4 is 27.8 Å². The predicted molar refractivity (Wildman–Crippen MR) is 98.7 cm³/mol. The minimum Gasteiger partial charge on any atom is -0.367 e. The van der Waals surface area contributed by atoms with E-state index in [1.54, 1.807) is 12.3 Å². The lowest BCUT2D eigenvalue weighted by molar-refractivity contribution is 0.682. The van der Waals surface area contributed by atoms with Gasteiger partial charge in [-0.1, -0.05) is 0 Å². The predicted octanol–water partition coefficient (Wildman–Crippen LogP) is 3.45. The normalized spacial score (nSPS) is 19.8. The van der Waals surface area contributed by atoms with Gasteiger partial charge < -0.3 is 10.3 Å². The van der Waals surface area contributed by atoms with Crippen LogP contribution in [0, 0.1) is 11.3 Å². The molecule has 1 aliphatic carbocycles. The highest BCUT2D eigenvalue weighted by Crippen LogP contribution is 2.39. The van der Waals surface area contributed by atoms with E-state index in [1.807, 2.05) is 18.5 Å². The third-order valence-electron chi connectivity index (χ3n) is 5.20. The summed E-state index contributed by atoms with van der Waals surface area (Å²) in [5.74, 6) is 1.22. The second-order valence-electron chi connectivity index (χ2n) is 6.79. The van der Waals surface area contributed by atoms with Crippen molar-refractivity contribution in [3.8, 4) is 6.07 Å². The van der Waals surface area contributed by atoms with Crippen molar-refractivity contribution in [1.29, 1.82) is 5.26 Å². The highest BCUT2D eigenvalue weighted by molar-refractivity contribution is 6.04. The van der Waals surface area contributed by atoms with E-state index in [0.717, 1.165) is 47.3 Å². The van der Waals surface area contributed by atoms with Gasteiger partial charge in [0.1, 0.15) is 17.5 Å². The topological polar surface area (TPSA) is 106 Å². The molecule has 5 rings (SSSR count). The third kappa shape index (κ3) is 2.39. The van der Waals surface area contributed by atoms with Crippen LogP contribution < -0.4 is 5.32 Å². The molecule has 0 aromatic carbocycles. The van der Waals surface area contributed by atoms with Gasteiger partial charge in [-0.2, -0.15) is 10.4 Å². The largest absolute Gasteiger partial charge is 0.367 e. The molecule has 128 valence electrons. The maximum atomic E-state index is 8.87. The Hall–Kier alpha value is -3.40. The quantitative estimate of drug-likeness (QED) is 0.528. The smallest absolute Gasteiger partial charge is 0.138 e.